The fraction of sp³-hybridized carbons (Fsp3) is 0.286. The molecule has 0 radical (unpaired) electrons. The number of sulfonamides is 1. The molecule has 2 heterocycles. The summed E-state index contributed by atoms with van der Waals surface area (Å²) in [4.78, 5) is 27.8. The van der Waals surface area contributed by atoms with Crippen LogP contribution < -0.4 is 4.90 Å². The van der Waals surface area contributed by atoms with Gasteiger partial charge in [-0.25, -0.2) is 8.42 Å². The number of amides is 1. The molecule has 1 amide bonds. The Hall–Kier alpha value is -3.49. The number of carbonyl (C=O) groups is 2. The van der Waals surface area contributed by atoms with Crippen LogP contribution in [-0.4, -0.2) is 43.8 Å². The van der Waals surface area contributed by atoms with Crippen LogP contribution in [-0.2, 0) is 37.2 Å². The standard InChI is InChI=1S/C28H28N2O5S/c1-20-17-22-10-6-8-14-25(22)30(20)27(31)19-35-28(32)18-26-24-13-7-5-9-21(24)15-16-29(26)36(33,34)23-11-3-2-4-12-23/h2-14,20,26H,15-19H2,1H3/t20-,26-/m1/s1. The van der Waals surface area contributed by atoms with Gasteiger partial charge in [-0.2, -0.15) is 4.31 Å². The van der Waals surface area contributed by atoms with Crippen LogP contribution in [0.25, 0.3) is 0 Å². The van der Waals surface area contributed by atoms with Gasteiger partial charge in [-0.15, -0.1) is 0 Å². The molecule has 0 aliphatic carbocycles. The van der Waals surface area contributed by atoms with E-state index in [2.05, 4.69) is 0 Å². The van der Waals surface area contributed by atoms with Crippen molar-refractivity contribution in [3.8, 4) is 0 Å². The molecule has 8 heteroatoms. The maximum atomic E-state index is 13.5. The van der Waals surface area contributed by atoms with Crippen molar-refractivity contribution in [3.63, 3.8) is 0 Å². The third kappa shape index (κ3) is 4.54. The summed E-state index contributed by atoms with van der Waals surface area (Å²) in [5.41, 5.74) is 3.72. The summed E-state index contributed by atoms with van der Waals surface area (Å²) in [5, 5.41) is 0. The minimum atomic E-state index is -3.83. The Morgan fingerprint density at radius 2 is 1.58 bits per heavy atom. The molecule has 186 valence electrons. The van der Waals surface area contributed by atoms with Crippen LogP contribution in [0.4, 0.5) is 5.69 Å². The van der Waals surface area contributed by atoms with Crippen molar-refractivity contribution in [1.82, 2.24) is 4.31 Å². The molecule has 0 unspecified atom stereocenters. The van der Waals surface area contributed by atoms with Gasteiger partial charge in [0.2, 0.25) is 10.0 Å². The van der Waals surface area contributed by atoms with Crippen molar-refractivity contribution in [3.05, 3.63) is 95.6 Å². The van der Waals surface area contributed by atoms with Gasteiger partial charge in [0.15, 0.2) is 6.61 Å². The summed E-state index contributed by atoms with van der Waals surface area (Å²) >= 11 is 0. The lowest BCUT2D eigenvalue weighted by atomic mass is 9.92. The molecule has 0 N–H and O–H groups in total. The zero-order valence-corrected chi connectivity index (χ0v) is 20.9. The third-order valence-corrected chi connectivity index (χ3v) is 8.83. The van der Waals surface area contributed by atoms with Crippen molar-refractivity contribution < 1.29 is 22.7 Å². The number of fused-ring (bicyclic) bond motifs is 2. The molecule has 0 saturated carbocycles. The monoisotopic (exact) mass is 504 g/mol. The van der Waals surface area contributed by atoms with Gasteiger partial charge in [-0.3, -0.25) is 9.59 Å². The van der Waals surface area contributed by atoms with Gasteiger partial charge < -0.3 is 9.64 Å². The number of esters is 1. The maximum Gasteiger partial charge on any atom is 0.308 e. The molecule has 0 spiro atoms. The molecule has 5 rings (SSSR count). The minimum absolute atomic E-state index is 0.0228. The molecule has 3 aromatic rings. The SMILES string of the molecule is C[C@@H]1Cc2ccccc2N1C(=O)COC(=O)C[C@@H]1c2ccccc2CCN1S(=O)(=O)c1ccccc1. The number of anilines is 1. The van der Waals surface area contributed by atoms with Crippen LogP contribution in [0.2, 0.25) is 0 Å². The van der Waals surface area contributed by atoms with E-state index in [9.17, 15) is 18.0 Å². The molecular formula is C28H28N2O5S. The van der Waals surface area contributed by atoms with E-state index in [0.29, 0.717) is 6.42 Å². The number of para-hydroxylation sites is 1. The van der Waals surface area contributed by atoms with Crippen LogP contribution in [0, 0.1) is 0 Å². The molecular weight excluding hydrogens is 476 g/mol. The smallest absolute Gasteiger partial charge is 0.308 e. The first kappa shape index (κ1) is 24.2. The van der Waals surface area contributed by atoms with Crippen molar-refractivity contribution in [1.29, 1.82) is 0 Å². The predicted octanol–water partition coefficient (Wildman–Crippen LogP) is 3.89. The average molecular weight is 505 g/mol. The molecule has 0 bridgehead atoms. The summed E-state index contributed by atoms with van der Waals surface area (Å²) in [6, 6.07) is 22.7. The first-order valence-electron chi connectivity index (χ1n) is 12.1. The van der Waals surface area contributed by atoms with Gasteiger partial charge in [-0.05, 0) is 54.7 Å². The average Bonchev–Trinajstić information content (AvgIpc) is 3.23. The van der Waals surface area contributed by atoms with Crippen molar-refractivity contribution in [2.75, 3.05) is 18.1 Å². The fourth-order valence-corrected chi connectivity index (χ4v) is 6.86. The van der Waals surface area contributed by atoms with E-state index in [1.54, 1.807) is 35.2 Å². The Morgan fingerprint density at radius 3 is 2.36 bits per heavy atom. The van der Waals surface area contributed by atoms with Gasteiger partial charge in [0, 0.05) is 18.3 Å². The molecule has 3 aromatic carbocycles. The van der Waals surface area contributed by atoms with Crippen LogP contribution in [0.1, 0.15) is 36.1 Å². The molecule has 2 aliphatic rings. The van der Waals surface area contributed by atoms with Gasteiger partial charge in [0.25, 0.3) is 5.91 Å². The highest BCUT2D eigenvalue weighted by Gasteiger charge is 2.38. The number of benzene rings is 3. The molecule has 36 heavy (non-hydrogen) atoms. The van der Waals surface area contributed by atoms with Gasteiger partial charge in [0.1, 0.15) is 0 Å². The van der Waals surface area contributed by atoms with E-state index >= 15 is 0 Å². The fourth-order valence-electron chi connectivity index (χ4n) is 5.23. The van der Waals surface area contributed by atoms with E-state index in [1.807, 2.05) is 55.5 Å². The number of carbonyl (C=O) groups excluding carboxylic acids is 2. The van der Waals surface area contributed by atoms with Crippen molar-refractivity contribution in [2.45, 2.75) is 43.2 Å². The summed E-state index contributed by atoms with van der Waals surface area (Å²) in [5.74, 6) is -0.906. The Balaban J connectivity index is 1.33. The minimum Gasteiger partial charge on any atom is -0.455 e. The van der Waals surface area contributed by atoms with Crippen molar-refractivity contribution >= 4 is 27.6 Å². The number of nitrogens with zero attached hydrogens (tertiary/aromatic N) is 2. The van der Waals surface area contributed by atoms with Crippen LogP contribution in [0.5, 0.6) is 0 Å². The van der Waals surface area contributed by atoms with Crippen LogP contribution in [0.15, 0.2) is 83.8 Å². The number of hydrogen-bond donors (Lipinski definition) is 0. The van der Waals surface area contributed by atoms with E-state index in [-0.39, 0.29) is 29.8 Å². The largest absolute Gasteiger partial charge is 0.455 e. The van der Waals surface area contributed by atoms with E-state index < -0.39 is 28.6 Å². The third-order valence-electron chi connectivity index (χ3n) is 6.91. The highest BCUT2D eigenvalue weighted by Crippen LogP contribution is 2.37. The first-order chi connectivity index (χ1) is 17.4. The summed E-state index contributed by atoms with van der Waals surface area (Å²) in [7, 11) is -3.83. The van der Waals surface area contributed by atoms with E-state index in [4.69, 9.17) is 4.74 Å². The second-order valence-electron chi connectivity index (χ2n) is 9.20. The lowest BCUT2D eigenvalue weighted by Gasteiger charge is -2.36. The zero-order chi connectivity index (χ0) is 25.3. The normalized spacial score (nSPS) is 19.4. The van der Waals surface area contributed by atoms with E-state index in [1.165, 1.54) is 4.31 Å². The summed E-state index contributed by atoms with van der Waals surface area (Å²) < 4.78 is 33.8. The lowest BCUT2D eigenvalue weighted by molar-refractivity contribution is -0.148. The second kappa shape index (κ2) is 9.87. The predicted molar refractivity (Wildman–Crippen MR) is 136 cm³/mol. The maximum absolute atomic E-state index is 13.5. The molecule has 0 saturated heterocycles. The summed E-state index contributed by atoms with van der Waals surface area (Å²) in [6.07, 6.45) is 1.13. The number of ether oxygens (including phenoxy) is 1. The molecule has 0 aromatic heterocycles. The van der Waals surface area contributed by atoms with Gasteiger partial charge >= 0.3 is 5.97 Å². The summed E-state index contributed by atoms with van der Waals surface area (Å²) in [6.45, 7) is 1.83. The van der Waals surface area contributed by atoms with Crippen LogP contribution >= 0.6 is 0 Å². The highest BCUT2D eigenvalue weighted by atomic mass is 32.2. The molecule has 0 fully saturated rings. The Kier molecular flexibility index (Phi) is 6.64. The van der Waals surface area contributed by atoms with E-state index in [0.717, 1.165) is 28.8 Å². The lowest BCUT2D eigenvalue weighted by Crippen LogP contribution is -2.41. The van der Waals surface area contributed by atoms with Crippen LogP contribution in [0.3, 0.4) is 0 Å². The highest BCUT2D eigenvalue weighted by molar-refractivity contribution is 7.89. The quantitative estimate of drug-likeness (QED) is 0.476. The topological polar surface area (TPSA) is 84.0 Å². The number of hydrogen-bond acceptors (Lipinski definition) is 5. The Labute approximate surface area is 211 Å². The molecule has 2 atom stereocenters. The van der Waals surface area contributed by atoms with Gasteiger partial charge in [-0.1, -0.05) is 60.7 Å². The number of rotatable bonds is 6. The van der Waals surface area contributed by atoms with Crippen molar-refractivity contribution in [2.24, 2.45) is 0 Å². The second-order valence-corrected chi connectivity index (χ2v) is 11.1. The Bertz CT molecular complexity index is 1390. The Morgan fingerprint density at radius 1 is 0.917 bits per heavy atom. The van der Waals surface area contributed by atoms with Gasteiger partial charge in [0.05, 0.1) is 17.4 Å². The molecule has 2 aliphatic heterocycles. The first-order valence-corrected chi connectivity index (χ1v) is 13.5. The molecule has 7 nitrogen and oxygen atoms in total. The zero-order valence-electron chi connectivity index (χ0n) is 20.0.